The predicted octanol–water partition coefficient (Wildman–Crippen LogP) is 2.36. The van der Waals surface area contributed by atoms with Crippen LogP contribution in [-0.2, 0) is 10.3 Å². The Balaban J connectivity index is 2.32. The van der Waals surface area contributed by atoms with Crippen molar-refractivity contribution in [3.8, 4) is 0 Å². The Morgan fingerprint density at radius 1 is 1.53 bits per heavy atom. The molecule has 0 saturated heterocycles. The van der Waals surface area contributed by atoms with Gasteiger partial charge in [-0.3, -0.25) is 9.78 Å². The maximum absolute atomic E-state index is 11.5. The van der Waals surface area contributed by atoms with E-state index in [9.17, 15) is 9.90 Å². The molecule has 4 nitrogen and oxygen atoms in total. The summed E-state index contributed by atoms with van der Waals surface area (Å²) in [4.78, 5) is 16.7. The number of pyridine rings is 1. The molecule has 19 heavy (non-hydrogen) atoms. The van der Waals surface area contributed by atoms with E-state index in [2.05, 4.69) is 4.98 Å². The van der Waals surface area contributed by atoms with Gasteiger partial charge in [0.05, 0.1) is 11.1 Å². The quantitative estimate of drug-likeness (QED) is 0.879. The first-order valence-electron chi connectivity index (χ1n) is 6.14. The number of aliphatic carboxylic acids is 1. The van der Waals surface area contributed by atoms with Gasteiger partial charge in [0.1, 0.15) is 5.25 Å². The van der Waals surface area contributed by atoms with E-state index in [-0.39, 0.29) is 0 Å². The fourth-order valence-electron chi connectivity index (χ4n) is 2.71. The molecule has 1 aliphatic rings. The molecule has 0 radical (unpaired) electrons. The Kier molecular flexibility index (Phi) is 2.76. The van der Waals surface area contributed by atoms with Crippen molar-refractivity contribution in [3.05, 3.63) is 36.0 Å². The van der Waals surface area contributed by atoms with E-state index in [0.717, 1.165) is 21.4 Å². The van der Waals surface area contributed by atoms with Crippen LogP contribution in [0.3, 0.4) is 0 Å². The summed E-state index contributed by atoms with van der Waals surface area (Å²) in [7, 11) is 0. The predicted molar refractivity (Wildman–Crippen MR) is 75.2 cm³/mol. The van der Waals surface area contributed by atoms with Crippen molar-refractivity contribution in [2.24, 2.45) is 5.73 Å². The number of hydrogen-bond donors (Lipinski definition) is 2. The average molecular weight is 274 g/mol. The highest BCUT2D eigenvalue weighted by Gasteiger charge is 2.48. The molecule has 0 saturated carbocycles. The molecule has 3 rings (SSSR count). The molecule has 1 aromatic heterocycles. The minimum Gasteiger partial charge on any atom is -0.480 e. The average Bonchev–Trinajstić information content (AvgIpc) is 2.73. The van der Waals surface area contributed by atoms with Crippen molar-refractivity contribution in [1.82, 2.24) is 4.98 Å². The normalized spacial score (nSPS) is 25.5. The Morgan fingerprint density at radius 3 is 3.00 bits per heavy atom. The van der Waals surface area contributed by atoms with Crippen molar-refractivity contribution in [2.75, 3.05) is 0 Å². The standard InChI is InChI=1S/C14H14N2O2S/c1-2-14(15)11-8-4-3-7-16-9(8)5-6-10(11)19-12(14)13(17)18/h3-7,12H,2,15H2,1H3,(H,17,18). The fraction of sp³-hybridized carbons (Fsp3) is 0.286. The lowest BCUT2D eigenvalue weighted by Gasteiger charge is -2.28. The van der Waals surface area contributed by atoms with Gasteiger partial charge in [0.15, 0.2) is 0 Å². The molecule has 0 spiro atoms. The number of benzene rings is 1. The summed E-state index contributed by atoms with van der Waals surface area (Å²) in [5, 5.41) is 9.73. The van der Waals surface area contributed by atoms with Gasteiger partial charge in [0, 0.05) is 16.5 Å². The maximum atomic E-state index is 11.5. The Morgan fingerprint density at radius 2 is 2.32 bits per heavy atom. The van der Waals surface area contributed by atoms with Gasteiger partial charge < -0.3 is 10.8 Å². The largest absolute Gasteiger partial charge is 0.480 e. The molecule has 5 heteroatoms. The summed E-state index contributed by atoms with van der Waals surface area (Å²) in [5.74, 6) is -0.859. The van der Waals surface area contributed by atoms with Gasteiger partial charge in [-0.1, -0.05) is 13.0 Å². The Hall–Kier alpha value is -1.59. The van der Waals surface area contributed by atoms with E-state index < -0.39 is 16.8 Å². The smallest absolute Gasteiger partial charge is 0.319 e. The first-order valence-corrected chi connectivity index (χ1v) is 7.02. The number of carboxylic acids is 1. The topological polar surface area (TPSA) is 76.2 Å². The number of rotatable bonds is 2. The number of aromatic nitrogens is 1. The lowest BCUT2D eigenvalue weighted by atomic mass is 9.83. The number of nitrogens with two attached hydrogens (primary N) is 1. The van der Waals surface area contributed by atoms with Crippen molar-refractivity contribution in [3.63, 3.8) is 0 Å². The Labute approximate surface area is 115 Å². The molecule has 2 aromatic rings. The van der Waals surface area contributed by atoms with Crippen molar-refractivity contribution >= 4 is 28.6 Å². The molecule has 2 atom stereocenters. The molecule has 0 fully saturated rings. The highest BCUT2D eigenvalue weighted by molar-refractivity contribution is 8.01. The SMILES string of the molecule is CCC1(N)c2c(ccc3ncccc23)SC1C(=O)O. The van der Waals surface area contributed by atoms with Gasteiger partial charge >= 0.3 is 5.97 Å². The zero-order valence-electron chi connectivity index (χ0n) is 10.5. The summed E-state index contributed by atoms with van der Waals surface area (Å²) >= 11 is 1.34. The van der Waals surface area contributed by atoms with Gasteiger partial charge in [0.2, 0.25) is 0 Å². The lowest BCUT2D eigenvalue weighted by Crippen LogP contribution is -2.46. The van der Waals surface area contributed by atoms with Gasteiger partial charge in [-0.25, -0.2) is 0 Å². The van der Waals surface area contributed by atoms with E-state index >= 15 is 0 Å². The molecule has 0 aliphatic carbocycles. The van der Waals surface area contributed by atoms with Crippen LogP contribution in [0.1, 0.15) is 18.9 Å². The third-order valence-electron chi connectivity index (χ3n) is 3.73. The van der Waals surface area contributed by atoms with Gasteiger partial charge in [-0.2, -0.15) is 0 Å². The molecule has 98 valence electrons. The number of nitrogens with zero attached hydrogens (tertiary/aromatic N) is 1. The van der Waals surface area contributed by atoms with Crippen molar-refractivity contribution < 1.29 is 9.90 Å². The third-order valence-corrected chi connectivity index (χ3v) is 5.19. The van der Waals surface area contributed by atoms with E-state index in [0.29, 0.717) is 6.42 Å². The third kappa shape index (κ3) is 1.65. The maximum Gasteiger partial charge on any atom is 0.319 e. The van der Waals surface area contributed by atoms with E-state index in [4.69, 9.17) is 5.73 Å². The van der Waals surface area contributed by atoms with Gasteiger partial charge in [0.25, 0.3) is 0 Å². The molecule has 3 N–H and O–H groups in total. The highest BCUT2D eigenvalue weighted by Crippen LogP contribution is 2.50. The molecular formula is C14H14N2O2S. The summed E-state index contributed by atoms with van der Waals surface area (Å²) in [6.07, 6.45) is 2.31. The summed E-state index contributed by atoms with van der Waals surface area (Å²) in [6, 6.07) is 7.66. The molecule has 0 amide bonds. The van der Waals surface area contributed by atoms with Gasteiger partial charge in [-0.05, 0) is 30.2 Å². The lowest BCUT2D eigenvalue weighted by molar-refractivity contribution is -0.137. The number of carbonyl (C=O) groups is 1. The van der Waals surface area contributed by atoms with E-state index in [1.54, 1.807) is 6.20 Å². The molecule has 2 unspecified atom stereocenters. The number of fused-ring (bicyclic) bond motifs is 3. The zero-order chi connectivity index (χ0) is 13.6. The number of hydrogen-bond acceptors (Lipinski definition) is 4. The van der Waals surface area contributed by atoms with Crippen LogP contribution in [0.4, 0.5) is 0 Å². The molecule has 1 aromatic carbocycles. The molecular weight excluding hydrogens is 260 g/mol. The molecule has 1 aliphatic heterocycles. The monoisotopic (exact) mass is 274 g/mol. The van der Waals surface area contributed by atoms with Crippen LogP contribution >= 0.6 is 11.8 Å². The second kappa shape index (κ2) is 4.21. The zero-order valence-corrected chi connectivity index (χ0v) is 11.3. The summed E-state index contributed by atoms with van der Waals surface area (Å²) in [5.41, 5.74) is 7.40. The van der Waals surface area contributed by atoms with Crippen LogP contribution in [0.2, 0.25) is 0 Å². The van der Waals surface area contributed by atoms with E-state index in [1.807, 2.05) is 31.2 Å². The minimum atomic E-state index is -0.859. The Bertz CT molecular complexity index is 674. The van der Waals surface area contributed by atoms with Crippen molar-refractivity contribution in [1.29, 1.82) is 0 Å². The van der Waals surface area contributed by atoms with Crippen LogP contribution in [0.15, 0.2) is 35.4 Å². The number of carboxylic acid groups (broad SMARTS) is 1. The highest BCUT2D eigenvalue weighted by atomic mass is 32.2. The first-order chi connectivity index (χ1) is 9.08. The second-order valence-electron chi connectivity index (χ2n) is 4.74. The minimum absolute atomic E-state index is 0.581. The van der Waals surface area contributed by atoms with E-state index in [1.165, 1.54) is 11.8 Å². The van der Waals surface area contributed by atoms with Crippen LogP contribution < -0.4 is 5.73 Å². The first kappa shape index (κ1) is 12.4. The summed E-state index contributed by atoms with van der Waals surface area (Å²) < 4.78 is 0. The van der Waals surface area contributed by atoms with Crippen LogP contribution in [0.5, 0.6) is 0 Å². The van der Waals surface area contributed by atoms with Gasteiger partial charge in [-0.15, -0.1) is 11.8 Å². The van der Waals surface area contributed by atoms with Crippen LogP contribution in [0, 0.1) is 0 Å². The second-order valence-corrected chi connectivity index (χ2v) is 5.89. The fourth-order valence-corrected chi connectivity index (χ4v) is 4.12. The summed E-state index contributed by atoms with van der Waals surface area (Å²) in [6.45, 7) is 1.93. The van der Waals surface area contributed by atoms with Crippen LogP contribution in [-0.4, -0.2) is 21.3 Å². The van der Waals surface area contributed by atoms with Crippen molar-refractivity contribution in [2.45, 2.75) is 29.0 Å². The number of thioether (sulfide) groups is 1. The molecule has 0 bridgehead atoms. The molecule has 2 heterocycles. The van der Waals surface area contributed by atoms with Crippen LogP contribution in [0.25, 0.3) is 10.9 Å².